The molecule has 1 amide bonds. The van der Waals surface area contributed by atoms with Crippen LogP contribution in [0.4, 0.5) is 5.13 Å². The summed E-state index contributed by atoms with van der Waals surface area (Å²) < 4.78 is 7.14. The van der Waals surface area contributed by atoms with E-state index in [4.69, 9.17) is 9.72 Å². The Balaban J connectivity index is 0.00000306. The Kier molecular flexibility index (Phi) is 8.44. The second kappa shape index (κ2) is 11.3. The Morgan fingerprint density at radius 2 is 1.70 bits per heavy atom. The van der Waals surface area contributed by atoms with Crippen LogP contribution in [0.3, 0.4) is 0 Å². The predicted molar refractivity (Wildman–Crippen MR) is 139 cm³/mol. The summed E-state index contributed by atoms with van der Waals surface area (Å²) in [4.78, 5) is 22.5. The van der Waals surface area contributed by atoms with Crippen LogP contribution in [0.15, 0.2) is 72.8 Å². The number of halogens is 1. The smallest absolute Gasteiger partial charge is 0.263 e. The van der Waals surface area contributed by atoms with E-state index in [-0.39, 0.29) is 18.3 Å². The normalized spacial score (nSPS) is 10.8. The molecule has 0 fully saturated rings. The van der Waals surface area contributed by atoms with Gasteiger partial charge in [-0.25, -0.2) is 4.98 Å². The number of fused-ring (bicyclic) bond motifs is 1. The van der Waals surface area contributed by atoms with Crippen LogP contribution in [0, 0.1) is 6.92 Å². The average molecular weight is 482 g/mol. The number of aryl methyl sites for hydroxylation is 1. The van der Waals surface area contributed by atoms with Gasteiger partial charge < -0.3 is 9.64 Å². The highest BCUT2D eigenvalue weighted by Gasteiger charge is 2.24. The highest BCUT2D eigenvalue weighted by molar-refractivity contribution is 7.22. The van der Waals surface area contributed by atoms with E-state index in [1.165, 1.54) is 5.56 Å². The maximum absolute atomic E-state index is 13.8. The lowest BCUT2D eigenvalue weighted by Crippen LogP contribution is -2.33. The van der Waals surface area contributed by atoms with Crippen molar-refractivity contribution in [2.45, 2.75) is 13.3 Å². The number of hydrogen-bond acceptors (Lipinski definition) is 5. The van der Waals surface area contributed by atoms with Crippen molar-refractivity contribution >= 4 is 45.0 Å². The average Bonchev–Trinajstić information content (AvgIpc) is 3.20. The number of nitrogens with zero attached hydrogens (tertiary/aromatic N) is 3. The van der Waals surface area contributed by atoms with E-state index in [2.05, 4.69) is 17.9 Å². The zero-order valence-electron chi connectivity index (χ0n) is 19.0. The predicted octanol–water partition coefficient (Wildman–Crippen LogP) is 6.42. The fourth-order valence-corrected chi connectivity index (χ4v) is 4.55. The second-order valence-corrected chi connectivity index (χ2v) is 9.00. The van der Waals surface area contributed by atoms with Crippen molar-refractivity contribution in [3.8, 4) is 11.5 Å². The summed E-state index contributed by atoms with van der Waals surface area (Å²) in [5.74, 6) is 1.13. The highest BCUT2D eigenvalue weighted by atomic mass is 35.5. The fourth-order valence-electron chi connectivity index (χ4n) is 3.46. The minimum absolute atomic E-state index is 0. The first-order chi connectivity index (χ1) is 15.5. The first-order valence-corrected chi connectivity index (χ1v) is 11.5. The zero-order valence-corrected chi connectivity index (χ0v) is 20.7. The molecule has 5 nitrogen and oxygen atoms in total. The van der Waals surface area contributed by atoms with E-state index in [9.17, 15) is 4.79 Å². The van der Waals surface area contributed by atoms with Gasteiger partial charge in [-0.15, -0.1) is 12.4 Å². The molecule has 33 heavy (non-hydrogen) atoms. The van der Waals surface area contributed by atoms with Crippen molar-refractivity contribution in [3.63, 3.8) is 0 Å². The van der Waals surface area contributed by atoms with Gasteiger partial charge in [-0.1, -0.05) is 47.7 Å². The van der Waals surface area contributed by atoms with E-state index < -0.39 is 0 Å². The van der Waals surface area contributed by atoms with Gasteiger partial charge in [-0.05, 0) is 75.9 Å². The summed E-state index contributed by atoms with van der Waals surface area (Å²) in [5.41, 5.74) is 2.62. The van der Waals surface area contributed by atoms with Gasteiger partial charge in [0.1, 0.15) is 11.5 Å². The summed E-state index contributed by atoms with van der Waals surface area (Å²) >= 11 is 1.55. The third kappa shape index (κ3) is 6.11. The monoisotopic (exact) mass is 481 g/mol. The lowest BCUT2D eigenvalue weighted by atomic mass is 10.1. The van der Waals surface area contributed by atoms with E-state index in [0.29, 0.717) is 28.7 Å². The molecule has 0 bridgehead atoms. The molecule has 3 aromatic carbocycles. The molecular weight excluding hydrogens is 454 g/mol. The zero-order chi connectivity index (χ0) is 22.5. The Morgan fingerprint density at radius 3 is 2.45 bits per heavy atom. The molecule has 0 aliphatic heterocycles. The number of ether oxygens (including phenoxy) is 1. The highest BCUT2D eigenvalue weighted by Crippen LogP contribution is 2.33. The Hall–Kier alpha value is -2.93. The van der Waals surface area contributed by atoms with E-state index in [0.717, 1.165) is 23.2 Å². The van der Waals surface area contributed by atoms with Gasteiger partial charge in [0.2, 0.25) is 0 Å². The van der Waals surface area contributed by atoms with Crippen LogP contribution >= 0.6 is 23.7 Å². The topological polar surface area (TPSA) is 45.7 Å². The van der Waals surface area contributed by atoms with Gasteiger partial charge in [0, 0.05) is 6.54 Å². The van der Waals surface area contributed by atoms with Crippen LogP contribution in [-0.2, 0) is 0 Å². The Labute approximate surface area is 205 Å². The molecule has 4 rings (SSSR count). The van der Waals surface area contributed by atoms with Gasteiger partial charge in [0.05, 0.1) is 15.8 Å². The summed E-state index contributed by atoms with van der Waals surface area (Å²) in [6.07, 6.45) is 0.843. The molecule has 7 heteroatoms. The number of hydrogen-bond donors (Lipinski definition) is 0. The van der Waals surface area contributed by atoms with Crippen molar-refractivity contribution in [2.24, 2.45) is 0 Å². The second-order valence-electron chi connectivity index (χ2n) is 7.99. The number of anilines is 1. The largest absolute Gasteiger partial charge is 0.457 e. The molecule has 0 atom stereocenters. The minimum Gasteiger partial charge on any atom is -0.457 e. The molecule has 0 saturated heterocycles. The Bertz CT molecular complexity index is 1210. The maximum atomic E-state index is 13.8. The van der Waals surface area contributed by atoms with Crippen molar-refractivity contribution in [1.82, 2.24) is 9.88 Å². The molecule has 0 spiro atoms. The summed E-state index contributed by atoms with van der Waals surface area (Å²) in [6, 6.07) is 23.1. The SMILES string of the molecule is Cc1ccc2nc(N(CCCN(C)C)C(=O)c3ccccc3Oc3ccccc3)sc2c1.Cl. The molecule has 172 valence electrons. The van der Waals surface area contributed by atoms with E-state index in [1.54, 1.807) is 16.2 Å². The van der Waals surface area contributed by atoms with Crippen LogP contribution in [-0.4, -0.2) is 43.0 Å². The third-order valence-electron chi connectivity index (χ3n) is 5.08. The van der Waals surface area contributed by atoms with Crippen LogP contribution in [0.25, 0.3) is 10.2 Å². The van der Waals surface area contributed by atoms with Crippen LogP contribution in [0.5, 0.6) is 11.5 Å². The molecule has 0 unspecified atom stereocenters. The number of thiazole rings is 1. The maximum Gasteiger partial charge on any atom is 0.263 e. The molecule has 0 aliphatic carbocycles. The van der Waals surface area contributed by atoms with Crippen molar-refractivity contribution in [3.05, 3.63) is 83.9 Å². The lowest BCUT2D eigenvalue weighted by Gasteiger charge is -2.22. The number of rotatable bonds is 8. The lowest BCUT2D eigenvalue weighted by molar-refractivity contribution is 0.0984. The van der Waals surface area contributed by atoms with Crippen molar-refractivity contribution in [2.75, 3.05) is 32.1 Å². The van der Waals surface area contributed by atoms with Gasteiger partial charge in [0.25, 0.3) is 5.91 Å². The molecule has 0 aliphatic rings. The number of para-hydroxylation sites is 2. The van der Waals surface area contributed by atoms with Crippen molar-refractivity contribution < 1.29 is 9.53 Å². The third-order valence-corrected chi connectivity index (χ3v) is 6.13. The molecular formula is C26H28ClN3O2S. The molecule has 1 heterocycles. The first kappa shape index (κ1) is 24.7. The van der Waals surface area contributed by atoms with Crippen LogP contribution in [0.1, 0.15) is 22.3 Å². The first-order valence-electron chi connectivity index (χ1n) is 10.7. The van der Waals surface area contributed by atoms with Gasteiger partial charge in [-0.2, -0.15) is 0 Å². The van der Waals surface area contributed by atoms with Gasteiger partial charge >= 0.3 is 0 Å². The minimum atomic E-state index is -0.105. The number of carbonyl (C=O) groups excluding carboxylic acids is 1. The summed E-state index contributed by atoms with van der Waals surface area (Å²) in [6.45, 7) is 3.53. The van der Waals surface area contributed by atoms with Crippen LogP contribution in [0.2, 0.25) is 0 Å². The van der Waals surface area contributed by atoms with E-state index >= 15 is 0 Å². The van der Waals surface area contributed by atoms with Gasteiger partial charge in [0.15, 0.2) is 5.13 Å². The van der Waals surface area contributed by atoms with E-state index in [1.807, 2.05) is 80.8 Å². The van der Waals surface area contributed by atoms with Crippen molar-refractivity contribution in [1.29, 1.82) is 0 Å². The molecule has 0 N–H and O–H groups in total. The molecule has 1 aromatic heterocycles. The quantitative estimate of drug-likeness (QED) is 0.291. The number of carbonyl (C=O) groups is 1. The van der Waals surface area contributed by atoms with Crippen LogP contribution < -0.4 is 9.64 Å². The Morgan fingerprint density at radius 1 is 0.970 bits per heavy atom. The summed E-state index contributed by atoms with van der Waals surface area (Å²) in [5, 5.41) is 0.712. The molecule has 0 radical (unpaired) electrons. The number of aromatic nitrogens is 1. The fraction of sp³-hybridized carbons (Fsp3) is 0.231. The standard InChI is InChI=1S/C26H27N3O2S.ClH/c1-19-14-15-22-24(18-19)32-26(27-22)29(17-9-16-28(2)3)25(30)21-12-7-8-13-23(21)31-20-10-5-4-6-11-20;/h4-8,10-15,18H,9,16-17H2,1-3H3;1H. The molecule has 4 aromatic rings. The molecule has 0 saturated carbocycles. The summed E-state index contributed by atoms with van der Waals surface area (Å²) in [7, 11) is 4.07. The number of amides is 1. The van der Waals surface area contributed by atoms with Gasteiger partial charge in [-0.3, -0.25) is 9.69 Å². The number of benzene rings is 3.